The second-order valence-corrected chi connectivity index (χ2v) is 16.5. The summed E-state index contributed by atoms with van der Waals surface area (Å²) >= 11 is 16.7. The summed E-state index contributed by atoms with van der Waals surface area (Å²) in [4.78, 5) is 25.2. The van der Waals surface area contributed by atoms with E-state index in [-0.39, 0.29) is 21.6 Å². The van der Waals surface area contributed by atoms with Crippen LogP contribution in [0.3, 0.4) is 0 Å². The highest BCUT2D eigenvalue weighted by atomic mass is 35.5. The molecule has 2 fully saturated rings. The molecule has 0 N–H and O–H groups in total. The first kappa shape index (κ1) is 45.6. The van der Waals surface area contributed by atoms with Gasteiger partial charge in [0.25, 0.3) is 0 Å². The maximum Gasteiger partial charge on any atom is 0.426 e. The molecule has 15 heteroatoms. The molecule has 2 saturated carbocycles. The van der Waals surface area contributed by atoms with Crippen LogP contribution in [0.5, 0.6) is 23.0 Å². The lowest BCUT2D eigenvalue weighted by Crippen LogP contribution is -2.14. The predicted octanol–water partition coefficient (Wildman–Crippen LogP) is 12.9. The Balaban J connectivity index is 0.000000228. The number of benzene rings is 4. The Morgan fingerprint density at radius 2 is 1.13 bits per heavy atom. The van der Waals surface area contributed by atoms with E-state index in [9.17, 15) is 37.7 Å². The second kappa shape index (κ2) is 18.8. The van der Waals surface area contributed by atoms with Crippen LogP contribution in [-0.2, 0) is 19.1 Å². The Morgan fingerprint density at radius 3 is 1.62 bits per heavy atom. The fraction of sp³-hybridized carbons (Fsp3) is 0.289. The summed E-state index contributed by atoms with van der Waals surface area (Å²) in [6.45, 7) is 7.08. The highest BCUT2D eigenvalue weighted by Crippen LogP contribution is 2.61. The summed E-state index contributed by atoms with van der Waals surface area (Å²) in [5.41, 5.74) is -0.436. The van der Waals surface area contributed by atoms with Gasteiger partial charge in [0.1, 0.15) is 38.9 Å². The van der Waals surface area contributed by atoms with Crippen molar-refractivity contribution in [1.29, 1.82) is 10.5 Å². The smallest absolute Gasteiger partial charge is 0.426 e. The molecule has 4 aromatic carbocycles. The average Bonchev–Trinajstić information content (AvgIpc) is 3.97. The van der Waals surface area contributed by atoms with Crippen LogP contribution in [0.25, 0.3) is 0 Å². The first-order valence-corrected chi connectivity index (χ1v) is 19.4. The predicted molar refractivity (Wildman–Crippen MR) is 216 cm³/mol. The number of carbonyl (C=O) groups is 2. The third-order valence-corrected chi connectivity index (χ3v) is 10.9. The van der Waals surface area contributed by atoms with Crippen molar-refractivity contribution in [3.63, 3.8) is 0 Å². The van der Waals surface area contributed by atoms with Crippen LogP contribution >= 0.6 is 34.8 Å². The number of rotatable bonds is 12. The molecule has 60 heavy (non-hydrogen) atoms. The Kier molecular flexibility index (Phi) is 14.3. The summed E-state index contributed by atoms with van der Waals surface area (Å²) < 4.78 is 74.4. The molecule has 0 aromatic heterocycles. The van der Waals surface area contributed by atoms with E-state index >= 15 is 0 Å². The highest BCUT2D eigenvalue weighted by Gasteiger charge is 2.63. The zero-order valence-corrected chi connectivity index (χ0v) is 34.7. The average molecular weight is 884 g/mol. The van der Waals surface area contributed by atoms with Gasteiger partial charge in [0.05, 0.1) is 11.8 Å². The van der Waals surface area contributed by atoms with Crippen LogP contribution in [0.1, 0.15) is 51.0 Å². The minimum absolute atomic E-state index is 0.0634. The number of esters is 2. The molecule has 0 radical (unpaired) electrons. The van der Waals surface area contributed by atoms with Crippen molar-refractivity contribution in [2.75, 3.05) is 0 Å². The highest BCUT2D eigenvalue weighted by molar-refractivity contribution is 6.55. The van der Waals surface area contributed by atoms with Crippen molar-refractivity contribution < 1.29 is 46.1 Å². The van der Waals surface area contributed by atoms with E-state index in [2.05, 4.69) is 0 Å². The molecule has 0 saturated heterocycles. The number of ether oxygens (including phenoxy) is 4. The van der Waals surface area contributed by atoms with E-state index in [1.807, 2.05) is 50.3 Å². The molecular formula is C45H37Cl3F4N2O6. The Bertz CT molecular complexity index is 2340. The van der Waals surface area contributed by atoms with Gasteiger partial charge in [-0.2, -0.15) is 23.7 Å². The van der Waals surface area contributed by atoms with Crippen molar-refractivity contribution in [2.45, 2.75) is 46.1 Å². The van der Waals surface area contributed by atoms with Crippen molar-refractivity contribution in [3.05, 3.63) is 142 Å². The topological polar surface area (TPSA) is 119 Å². The summed E-state index contributed by atoms with van der Waals surface area (Å²) in [6.07, 6.45) is -4.67. The van der Waals surface area contributed by atoms with Gasteiger partial charge in [-0.05, 0) is 77.3 Å². The van der Waals surface area contributed by atoms with Crippen LogP contribution in [0.15, 0.2) is 125 Å². The summed E-state index contributed by atoms with van der Waals surface area (Å²) in [7, 11) is 0. The summed E-state index contributed by atoms with van der Waals surface area (Å²) in [5, 5.41) is 17.7. The lowest BCUT2D eigenvalue weighted by Gasteiger charge is -2.14. The van der Waals surface area contributed by atoms with Crippen LogP contribution < -0.4 is 9.47 Å². The fourth-order valence-corrected chi connectivity index (χ4v) is 7.13. The molecule has 4 aromatic rings. The first-order chi connectivity index (χ1) is 28.3. The van der Waals surface area contributed by atoms with Gasteiger partial charge < -0.3 is 18.9 Å². The number of hydrogen-bond acceptors (Lipinski definition) is 8. The zero-order chi connectivity index (χ0) is 44.0. The van der Waals surface area contributed by atoms with Crippen LogP contribution in [-0.4, -0.2) is 18.1 Å². The summed E-state index contributed by atoms with van der Waals surface area (Å²) in [5.74, 6) is -2.66. The normalized spacial score (nSPS) is 20.6. The molecule has 0 bridgehead atoms. The minimum atomic E-state index is -4.68. The molecule has 312 valence electrons. The lowest BCUT2D eigenvalue weighted by molar-refractivity contribution is -0.150. The van der Waals surface area contributed by atoms with Crippen molar-refractivity contribution in [2.24, 2.45) is 34.5 Å². The van der Waals surface area contributed by atoms with Gasteiger partial charge >= 0.3 is 18.1 Å². The number of hydrogen-bond donors (Lipinski definition) is 0. The van der Waals surface area contributed by atoms with Gasteiger partial charge in [0.2, 0.25) is 12.2 Å². The molecule has 8 nitrogen and oxygen atoms in total. The fourth-order valence-electron chi connectivity index (χ4n) is 6.72. The van der Waals surface area contributed by atoms with Gasteiger partial charge in [-0.25, -0.2) is 4.39 Å². The maximum absolute atomic E-state index is 14.2. The van der Waals surface area contributed by atoms with E-state index in [1.165, 1.54) is 18.2 Å². The molecule has 0 heterocycles. The molecule has 2 aliphatic rings. The van der Waals surface area contributed by atoms with Crippen molar-refractivity contribution in [3.8, 4) is 35.1 Å². The number of para-hydroxylation sites is 2. The van der Waals surface area contributed by atoms with E-state index in [0.29, 0.717) is 28.4 Å². The van der Waals surface area contributed by atoms with Crippen LogP contribution in [0, 0.1) is 63.0 Å². The number of alkyl halides is 3. The number of nitrogens with zero attached hydrogens (tertiary/aromatic N) is 2. The third-order valence-electron chi connectivity index (χ3n) is 10.3. The number of allylic oxidation sites excluding steroid dienone is 3. The molecule has 4 unspecified atom stereocenters. The minimum Gasteiger partial charge on any atom is -0.457 e. The van der Waals surface area contributed by atoms with Gasteiger partial charge in [-0.15, -0.1) is 0 Å². The zero-order valence-electron chi connectivity index (χ0n) is 32.4. The molecule has 0 spiro atoms. The van der Waals surface area contributed by atoms with Crippen LogP contribution in [0.4, 0.5) is 17.6 Å². The van der Waals surface area contributed by atoms with Crippen molar-refractivity contribution in [1.82, 2.24) is 0 Å². The largest absolute Gasteiger partial charge is 0.457 e. The SMILES string of the molecule is CC1(C)C(C=C(Cl)Cl)C1C(=O)OC(C#N)c1ccc(F)c(Oc2ccccc2)c1.CC1(C)[C@H](C(=O)OC(C#N)c2cccc(Oc3ccccc3)c2)[C@@H]1/C=C(\Cl)C(F)(F)F. The third kappa shape index (κ3) is 11.2. The van der Waals surface area contributed by atoms with Gasteiger partial charge in [-0.1, -0.05) is 123 Å². The Morgan fingerprint density at radius 1 is 0.667 bits per heavy atom. The van der Waals surface area contributed by atoms with E-state index < -0.39 is 64.3 Å². The molecule has 0 amide bonds. The van der Waals surface area contributed by atoms with E-state index in [4.69, 9.17) is 53.8 Å². The molecule has 6 atom stereocenters. The standard InChI is InChI=1S/C23H19ClF3NO3.C22H18Cl2FNO3/c1-22(2)17(12-19(24)23(25,26)27)20(22)21(29)31-18(13-28)14-7-6-10-16(11-14)30-15-8-4-3-5-9-15;1-22(2)15(11-19(23)24)20(22)21(27)29-18(12-26)13-8-9-16(25)17(10-13)28-14-6-4-3-5-7-14/h3-12,17-18,20H,1-2H3;3-11,15,18,20H,1-2H3/b19-12-;/t17-,18?,20-;/m0./s1. The molecular weight excluding hydrogens is 847 g/mol. The number of carbonyl (C=O) groups excluding carboxylic acids is 2. The Hall–Kier alpha value is -5.53. The molecule has 2 aliphatic carbocycles. The number of nitriles is 2. The number of halogens is 7. The van der Waals surface area contributed by atoms with E-state index in [1.54, 1.807) is 80.6 Å². The monoisotopic (exact) mass is 882 g/mol. The van der Waals surface area contributed by atoms with Gasteiger partial charge in [0, 0.05) is 11.1 Å². The Labute approximate surface area is 359 Å². The summed E-state index contributed by atoms with van der Waals surface area (Å²) in [6, 6.07) is 32.0. The van der Waals surface area contributed by atoms with Crippen molar-refractivity contribution >= 4 is 46.7 Å². The maximum atomic E-state index is 14.2. The lowest BCUT2D eigenvalue weighted by atomic mass is 10.1. The van der Waals surface area contributed by atoms with Crippen LogP contribution in [0.2, 0.25) is 0 Å². The second-order valence-electron chi connectivity index (χ2n) is 15.1. The van der Waals surface area contributed by atoms with E-state index in [0.717, 1.165) is 6.08 Å². The first-order valence-electron chi connectivity index (χ1n) is 18.3. The van der Waals surface area contributed by atoms with Gasteiger partial charge in [0.15, 0.2) is 11.6 Å². The quantitative estimate of drug-likeness (QED) is 0.102. The molecule has 6 rings (SSSR count). The molecule has 0 aliphatic heterocycles. The van der Waals surface area contributed by atoms with Gasteiger partial charge in [-0.3, -0.25) is 9.59 Å².